The normalized spacial score (nSPS) is 17.8. The van der Waals surface area contributed by atoms with Crippen molar-refractivity contribution in [3.05, 3.63) is 17.5 Å². The lowest BCUT2D eigenvalue weighted by molar-refractivity contribution is -0.138. The molecule has 1 aliphatic heterocycles. The van der Waals surface area contributed by atoms with Gasteiger partial charge in [0.2, 0.25) is 0 Å². The van der Waals surface area contributed by atoms with E-state index in [1.165, 1.54) is 5.56 Å². The Balaban J connectivity index is 1.86. The Morgan fingerprint density at radius 1 is 1.32 bits per heavy atom. The van der Waals surface area contributed by atoms with Gasteiger partial charge in [-0.2, -0.15) is 5.10 Å². The van der Waals surface area contributed by atoms with E-state index in [2.05, 4.69) is 23.1 Å². The van der Waals surface area contributed by atoms with Gasteiger partial charge in [0.05, 0.1) is 12.2 Å². The second-order valence-corrected chi connectivity index (χ2v) is 5.07. The first kappa shape index (κ1) is 14.0. The average molecular weight is 266 g/mol. The Labute approximate surface area is 113 Å². The highest BCUT2D eigenvalue weighted by Crippen LogP contribution is 2.12. The maximum atomic E-state index is 10.7. The van der Waals surface area contributed by atoms with Crippen molar-refractivity contribution in [2.24, 2.45) is 7.05 Å². The van der Waals surface area contributed by atoms with Crippen LogP contribution < -0.4 is 0 Å². The lowest BCUT2D eigenvalue weighted by atomic mass is 10.2. The summed E-state index contributed by atoms with van der Waals surface area (Å²) in [5.41, 5.74) is 2.45. The average Bonchev–Trinajstić information content (AvgIpc) is 2.71. The highest BCUT2D eigenvalue weighted by atomic mass is 16.4. The molecule has 0 saturated carbocycles. The first-order valence-corrected chi connectivity index (χ1v) is 6.76. The predicted molar refractivity (Wildman–Crippen MR) is 71.9 cm³/mol. The molecular weight excluding hydrogens is 244 g/mol. The lowest BCUT2D eigenvalue weighted by Gasteiger charge is -2.33. The zero-order valence-electron chi connectivity index (χ0n) is 11.7. The molecule has 0 spiro atoms. The van der Waals surface area contributed by atoms with Crippen LogP contribution in [0.2, 0.25) is 0 Å². The van der Waals surface area contributed by atoms with Gasteiger partial charge in [0.15, 0.2) is 0 Å². The predicted octanol–water partition coefficient (Wildman–Crippen LogP) is 0.185. The van der Waals surface area contributed by atoms with Crippen LogP contribution in [-0.2, 0) is 24.8 Å². The van der Waals surface area contributed by atoms with Gasteiger partial charge in [-0.3, -0.25) is 19.3 Å². The molecule has 2 rings (SSSR count). The Hall–Kier alpha value is -1.40. The van der Waals surface area contributed by atoms with Crippen molar-refractivity contribution in [3.63, 3.8) is 0 Å². The van der Waals surface area contributed by atoms with Crippen LogP contribution in [0, 0.1) is 0 Å². The van der Waals surface area contributed by atoms with Crippen molar-refractivity contribution in [3.8, 4) is 0 Å². The molecule has 0 amide bonds. The summed E-state index contributed by atoms with van der Waals surface area (Å²) in [5.74, 6) is -0.742. The van der Waals surface area contributed by atoms with Crippen LogP contribution in [-0.4, -0.2) is 63.4 Å². The van der Waals surface area contributed by atoms with Crippen molar-refractivity contribution in [2.75, 3.05) is 32.7 Å². The zero-order valence-corrected chi connectivity index (χ0v) is 11.7. The third-order valence-electron chi connectivity index (χ3n) is 3.54. The SMILES string of the molecule is CCc1nn(C)cc1CN1CCN(CC(=O)O)CC1. The van der Waals surface area contributed by atoms with Gasteiger partial charge in [-0.05, 0) is 6.42 Å². The fourth-order valence-electron chi connectivity index (χ4n) is 2.55. The molecular formula is C13H22N4O2. The molecule has 0 bridgehead atoms. The number of hydrogen-bond acceptors (Lipinski definition) is 4. The van der Waals surface area contributed by atoms with Crippen LogP contribution >= 0.6 is 0 Å². The van der Waals surface area contributed by atoms with Gasteiger partial charge in [0.25, 0.3) is 0 Å². The quantitative estimate of drug-likeness (QED) is 0.824. The molecule has 0 unspecified atom stereocenters. The molecule has 106 valence electrons. The summed E-state index contributed by atoms with van der Waals surface area (Å²) in [6, 6.07) is 0. The minimum atomic E-state index is -0.742. The third kappa shape index (κ3) is 3.78. The molecule has 1 N–H and O–H groups in total. The molecule has 6 nitrogen and oxygen atoms in total. The Morgan fingerprint density at radius 3 is 2.53 bits per heavy atom. The minimum Gasteiger partial charge on any atom is -0.480 e. The first-order chi connectivity index (χ1) is 9.08. The van der Waals surface area contributed by atoms with Crippen LogP contribution in [0.1, 0.15) is 18.2 Å². The van der Waals surface area contributed by atoms with E-state index in [1.807, 2.05) is 16.6 Å². The summed E-state index contributed by atoms with van der Waals surface area (Å²) in [4.78, 5) is 15.0. The third-order valence-corrected chi connectivity index (χ3v) is 3.54. The van der Waals surface area contributed by atoms with Crippen LogP contribution in [0.15, 0.2) is 6.20 Å². The number of hydrogen-bond donors (Lipinski definition) is 1. The number of aliphatic carboxylic acids is 1. The fraction of sp³-hybridized carbons (Fsp3) is 0.692. The second-order valence-electron chi connectivity index (χ2n) is 5.07. The smallest absolute Gasteiger partial charge is 0.317 e. The molecule has 1 aromatic heterocycles. The lowest BCUT2D eigenvalue weighted by Crippen LogP contribution is -2.47. The van der Waals surface area contributed by atoms with Crippen molar-refractivity contribution in [1.29, 1.82) is 0 Å². The number of aromatic nitrogens is 2. The number of piperazine rings is 1. The molecule has 1 fully saturated rings. The maximum Gasteiger partial charge on any atom is 0.317 e. The molecule has 0 atom stereocenters. The largest absolute Gasteiger partial charge is 0.480 e. The molecule has 0 aromatic carbocycles. The van der Waals surface area contributed by atoms with Crippen LogP contribution in [0.3, 0.4) is 0 Å². The highest BCUT2D eigenvalue weighted by molar-refractivity contribution is 5.69. The van der Waals surface area contributed by atoms with Gasteiger partial charge in [-0.15, -0.1) is 0 Å². The van der Waals surface area contributed by atoms with E-state index in [-0.39, 0.29) is 6.54 Å². The summed E-state index contributed by atoms with van der Waals surface area (Å²) in [6.07, 6.45) is 3.04. The summed E-state index contributed by atoms with van der Waals surface area (Å²) in [5, 5.41) is 13.2. The van der Waals surface area contributed by atoms with Crippen molar-refractivity contribution < 1.29 is 9.90 Å². The summed E-state index contributed by atoms with van der Waals surface area (Å²) in [6.45, 7) is 6.69. The Bertz CT molecular complexity index is 436. The number of rotatable bonds is 5. The zero-order chi connectivity index (χ0) is 13.8. The standard InChI is InChI=1S/C13H22N4O2/c1-3-12-11(8-15(2)14-12)9-16-4-6-17(7-5-16)10-13(18)19/h8H,3-7,9-10H2,1-2H3,(H,18,19). The number of aryl methyl sites for hydroxylation is 2. The number of carboxylic acids is 1. The molecule has 1 aromatic rings. The monoisotopic (exact) mass is 266 g/mol. The van der Waals surface area contributed by atoms with Gasteiger partial charge in [0, 0.05) is 51.5 Å². The molecule has 19 heavy (non-hydrogen) atoms. The van der Waals surface area contributed by atoms with E-state index >= 15 is 0 Å². The van der Waals surface area contributed by atoms with Crippen LogP contribution in [0.5, 0.6) is 0 Å². The number of carbonyl (C=O) groups is 1. The summed E-state index contributed by atoms with van der Waals surface area (Å²) >= 11 is 0. The Kier molecular flexibility index (Phi) is 4.55. The number of carboxylic acid groups (broad SMARTS) is 1. The van der Waals surface area contributed by atoms with E-state index in [9.17, 15) is 4.79 Å². The van der Waals surface area contributed by atoms with E-state index in [1.54, 1.807) is 0 Å². The van der Waals surface area contributed by atoms with Crippen molar-refractivity contribution in [1.82, 2.24) is 19.6 Å². The minimum absolute atomic E-state index is 0.154. The molecule has 0 aliphatic carbocycles. The van der Waals surface area contributed by atoms with Crippen LogP contribution in [0.4, 0.5) is 0 Å². The molecule has 2 heterocycles. The fourth-order valence-corrected chi connectivity index (χ4v) is 2.55. The topological polar surface area (TPSA) is 61.6 Å². The van der Waals surface area contributed by atoms with E-state index < -0.39 is 5.97 Å². The van der Waals surface area contributed by atoms with Gasteiger partial charge in [0.1, 0.15) is 0 Å². The van der Waals surface area contributed by atoms with Crippen LogP contribution in [0.25, 0.3) is 0 Å². The molecule has 6 heteroatoms. The van der Waals surface area contributed by atoms with Gasteiger partial charge in [-0.1, -0.05) is 6.92 Å². The van der Waals surface area contributed by atoms with Gasteiger partial charge in [-0.25, -0.2) is 0 Å². The highest BCUT2D eigenvalue weighted by Gasteiger charge is 2.19. The van der Waals surface area contributed by atoms with Crippen molar-refractivity contribution in [2.45, 2.75) is 19.9 Å². The molecule has 0 radical (unpaired) electrons. The van der Waals surface area contributed by atoms with Gasteiger partial charge < -0.3 is 5.11 Å². The van der Waals surface area contributed by atoms with E-state index in [0.29, 0.717) is 0 Å². The maximum absolute atomic E-state index is 10.7. The summed E-state index contributed by atoms with van der Waals surface area (Å²) < 4.78 is 1.87. The summed E-state index contributed by atoms with van der Waals surface area (Å²) in [7, 11) is 1.95. The molecule has 1 saturated heterocycles. The Morgan fingerprint density at radius 2 is 1.95 bits per heavy atom. The second kappa shape index (κ2) is 6.16. The van der Waals surface area contributed by atoms with E-state index in [0.717, 1.165) is 44.8 Å². The van der Waals surface area contributed by atoms with E-state index in [4.69, 9.17) is 5.11 Å². The van der Waals surface area contributed by atoms with Gasteiger partial charge >= 0.3 is 5.97 Å². The van der Waals surface area contributed by atoms with Crippen molar-refractivity contribution >= 4 is 5.97 Å². The first-order valence-electron chi connectivity index (χ1n) is 6.76. The molecule has 1 aliphatic rings. The number of nitrogens with zero attached hydrogens (tertiary/aromatic N) is 4.